The number of carbonyl (C=O) groups excluding carboxylic acids is 1. The van der Waals surface area contributed by atoms with Crippen molar-refractivity contribution < 1.29 is 14.3 Å². The highest BCUT2D eigenvalue weighted by Crippen LogP contribution is 2.17. The second kappa shape index (κ2) is 9.98. The molecule has 0 bridgehead atoms. The normalized spacial score (nSPS) is 10.2. The summed E-state index contributed by atoms with van der Waals surface area (Å²) in [5.41, 5.74) is 1.18. The zero-order valence-corrected chi connectivity index (χ0v) is 15.3. The van der Waals surface area contributed by atoms with Crippen LogP contribution in [-0.4, -0.2) is 26.2 Å². The van der Waals surface area contributed by atoms with E-state index in [0.29, 0.717) is 26.0 Å². The summed E-state index contributed by atoms with van der Waals surface area (Å²) < 4.78 is 11.7. The molecule has 0 aliphatic rings. The number of nitrogens with one attached hydrogen (secondary N) is 1. The van der Waals surface area contributed by atoms with Gasteiger partial charge in [0.25, 0.3) is 0 Å². The minimum absolute atomic E-state index is 0.0568. The number of methoxy groups -OCH3 is 1. The number of carbonyl (C=O) groups is 1. The number of ether oxygens (including phenoxy) is 2. The van der Waals surface area contributed by atoms with Crippen LogP contribution < -0.4 is 14.8 Å². The number of hydrogen-bond donors (Lipinski definition) is 1. The predicted octanol–water partition coefficient (Wildman–Crippen LogP) is 3.98. The fourth-order valence-corrected chi connectivity index (χ4v) is 2.58. The summed E-state index contributed by atoms with van der Waals surface area (Å²) in [4.78, 5) is 11.8. The summed E-state index contributed by atoms with van der Waals surface area (Å²) in [5, 5.41) is 2.93. The van der Waals surface area contributed by atoms with Crippen LogP contribution in [0.4, 0.5) is 0 Å². The summed E-state index contributed by atoms with van der Waals surface area (Å²) in [6.45, 7) is 1.17. The van der Waals surface area contributed by atoms with Crippen LogP contribution in [-0.2, 0) is 11.2 Å². The number of rotatable bonds is 9. The average Bonchev–Trinajstić information content (AvgIpc) is 2.59. The van der Waals surface area contributed by atoms with Crippen LogP contribution in [0.2, 0.25) is 0 Å². The highest BCUT2D eigenvalue weighted by molar-refractivity contribution is 9.10. The molecule has 2 aromatic rings. The second-order valence-corrected chi connectivity index (χ2v) is 6.27. The third kappa shape index (κ3) is 6.62. The van der Waals surface area contributed by atoms with Gasteiger partial charge in [0.15, 0.2) is 0 Å². The maximum Gasteiger partial charge on any atom is 0.220 e. The molecule has 1 amide bonds. The molecule has 0 saturated heterocycles. The van der Waals surface area contributed by atoms with E-state index < -0.39 is 0 Å². The highest BCUT2D eigenvalue weighted by Gasteiger charge is 2.02. The summed E-state index contributed by atoms with van der Waals surface area (Å²) in [5.74, 6) is 1.71. The van der Waals surface area contributed by atoms with Crippen LogP contribution in [0.1, 0.15) is 18.4 Å². The molecule has 128 valence electrons. The Morgan fingerprint density at radius 3 is 2.62 bits per heavy atom. The van der Waals surface area contributed by atoms with Crippen molar-refractivity contribution in [2.45, 2.75) is 19.3 Å². The molecule has 0 atom stereocenters. The van der Waals surface area contributed by atoms with Gasteiger partial charge in [-0.1, -0.05) is 34.1 Å². The summed E-state index contributed by atoms with van der Waals surface area (Å²) >= 11 is 3.40. The minimum atomic E-state index is 0.0568. The fourth-order valence-electron chi connectivity index (χ4n) is 2.21. The molecular weight excluding hydrogens is 370 g/mol. The largest absolute Gasteiger partial charge is 0.497 e. The Bertz CT molecular complexity index is 643. The highest BCUT2D eigenvalue weighted by atomic mass is 79.9. The average molecular weight is 392 g/mol. The molecule has 1 N–H and O–H groups in total. The van der Waals surface area contributed by atoms with Crippen LogP contribution >= 0.6 is 15.9 Å². The Morgan fingerprint density at radius 1 is 1.12 bits per heavy atom. The number of halogens is 1. The van der Waals surface area contributed by atoms with Gasteiger partial charge in [0.05, 0.1) is 13.7 Å². The number of amides is 1. The van der Waals surface area contributed by atoms with Gasteiger partial charge in [0.2, 0.25) is 5.91 Å². The molecule has 5 heteroatoms. The van der Waals surface area contributed by atoms with Gasteiger partial charge in [0.1, 0.15) is 11.5 Å². The Kier molecular flexibility index (Phi) is 7.62. The van der Waals surface area contributed by atoms with Gasteiger partial charge < -0.3 is 14.8 Å². The number of benzene rings is 2. The van der Waals surface area contributed by atoms with E-state index >= 15 is 0 Å². The van der Waals surface area contributed by atoms with Crippen molar-refractivity contribution in [1.82, 2.24) is 5.32 Å². The molecule has 0 heterocycles. The van der Waals surface area contributed by atoms with Gasteiger partial charge in [-0.25, -0.2) is 0 Å². The lowest BCUT2D eigenvalue weighted by Crippen LogP contribution is -2.25. The lowest BCUT2D eigenvalue weighted by molar-refractivity contribution is -0.121. The van der Waals surface area contributed by atoms with E-state index in [-0.39, 0.29) is 5.91 Å². The van der Waals surface area contributed by atoms with Gasteiger partial charge in [-0.15, -0.1) is 0 Å². The maximum atomic E-state index is 11.8. The van der Waals surface area contributed by atoms with Gasteiger partial charge in [0, 0.05) is 17.4 Å². The minimum Gasteiger partial charge on any atom is -0.497 e. The lowest BCUT2D eigenvalue weighted by atomic mass is 10.1. The van der Waals surface area contributed by atoms with Crippen molar-refractivity contribution in [2.75, 3.05) is 20.3 Å². The molecule has 24 heavy (non-hydrogen) atoms. The van der Waals surface area contributed by atoms with Crippen LogP contribution in [0.5, 0.6) is 11.5 Å². The van der Waals surface area contributed by atoms with Crippen LogP contribution in [0.15, 0.2) is 53.0 Å². The molecule has 0 fully saturated rings. The Balaban J connectivity index is 1.57. The molecular formula is C19H22BrNO3. The smallest absolute Gasteiger partial charge is 0.220 e. The third-order valence-electron chi connectivity index (χ3n) is 3.51. The third-order valence-corrected chi connectivity index (χ3v) is 4.00. The zero-order valence-electron chi connectivity index (χ0n) is 13.8. The molecule has 0 aliphatic carbocycles. The van der Waals surface area contributed by atoms with Crippen molar-refractivity contribution in [2.24, 2.45) is 0 Å². The molecule has 0 spiro atoms. The lowest BCUT2D eigenvalue weighted by Gasteiger charge is -2.08. The van der Waals surface area contributed by atoms with Crippen molar-refractivity contribution in [3.8, 4) is 11.5 Å². The van der Waals surface area contributed by atoms with E-state index in [9.17, 15) is 4.79 Å². The van der Waals surface area contributed by atoms with E-state index in [1.807, 2.05) is 48.5 Å². The molecule has 2 rings (SSSR count). The topological polar surface area (TPSA) is 47.6 Å². The summed E-state index contributed by atoms with van der Waals surface area (Å²) in [6.07, 6.45) is 1.97. The first-order valence-electron chi connectivity index (χ1n) is 7.95. The Hall–Kier alpha value is -2.01. The molecule has 0 radical (unpaired) electrons. The van der Waals surface area contributed by atoms with Crippen molar-refractivity contribution in [3.05, 3.63) is 58.6 Å². The van der Waals surface area contributed by atoms with Crippen molar-refractivity contribution in [1.29, 1.82) is 0 Å². The van der Waals surface area contributed by atoms with E-state index in [0.717, 1.165) is 22.4 Å². The molecule has 2 aromatic carbocycles. The van der Waals surface area contributed by atoms with E-state index in [1.54, 1.807) is 7.11 Å². The van der Waals surface area contributed by atoms with Crippen LogP contribution in [0.3, 0.4) is 0 Å². The van der Waals surface area contributed by atoms with Gasteiger partial charge in [-0.2, -0.15) is 0 Å². The van der Waals surface area contributed by atoms with Crippen molar-refractivity contribution >= 4 is 21.8 Å². The zero-order chi connectivity index (χ0) is 17.2. The van der Waals surface area contributed by atoms with Gasteiger partial charge >= 0.3 is 0 Å². The van der Waals surface area contributed by atoms with Crippen LogP contribution in [0, 0.1) is 0 Å². The first kappa shape index (κ1) is 18.3. The predicted molar refractivity (Wildman–Crippen MR) is 98.6 cm³/mol. The quantitative estimate of drug-likeness (QED) is 0.657. The second-order valence-electron chi connectivity index (χ2n) is 5.36. The fraction of sp³-hybridized carbons (Fsp3) is 0.316. The molecule has 0 saturated carbocycles. The monoisotopic (exact) mass is 391 g/mol. The van der Waals surface area contributed by atoms with Crippen molar-refractivity contribution in [3.63, 3.8) is 0 Å². The first-order valence-corrected chi connectivity index (χ1v) is 8.74. The van der Waals surface area contributed by atoms with E-state index in [1.165, 1.54) is 5.56 Å². The van der Waals surface area contributed by atoms with Crippen LogP contribution in [0.25, 0.3) is 0 Å². The standard InChI is InChI=1S/C19H22BrNO3/c1-23-17-9-7-15(8-10-17)11-12-21-19(22)6-3-13-24-18-5-2-4-16(20)14-18/h2,4-5,7-10,14H,3,6,11-13H2,1H3,(H,21,22). The SMILES string of the molecule is COc1ccc(CCNC(=O)CCCOc2cccc(Br)c2)cc1. The summed E-state index contributed by atoms with van der Waals surface area (Å²) in [7, 11) is 1.65. The molecule has 0 aromatic heterocycles. The summed E-state index contributed by atoms with van der Waals surface area (Å²) in [6, 6.07) is 15.6. The molecule has 4 nitrogen and oxygen atoms in total. The molecule has 0 aliphatic heterocycles. The first-order chi connectivity index (χ1) is 11.7. The Morgan fingerprint density at radius 2 is 1.92 bits per heavy atom. The van der Waals surface area contributed by atoms with Gasteiger partial charge in [-0.3, -0.25) is 4.79 Å². The maximum absolute atomic E-state index is 11.8. The van der Waals surface area contributed by atoms with Gasteiger partial charge in [-0.05, 0) is 48.7 Å². The number of hydrogen-bond acceptors (Lipinski definition) is 3. The van der Waals surface area contributed by atoms with E-state index in [2.05, 4.69) is 21.2 Å². The van der Waals surface area contributed by atoms with E-state index in [4.69, 9.17) is 9.47 Å². The molecule has 0 unspecified atom stereocenters. The Labute approximate surface area is 151 Å².